The zero-order chi connectivity index (χ0) is 18.8. The number of nitrogens with one attached hydrogen (secondary N) is 1. The molecule has 0 aliphatic rings. The number of esters is 1. The molecule has 0 fully saturated rings. The van der Waals surface area contributed by atoms with Crippen LogP contribution in [0.15, 0.2) is 35.1 Å². The maximum Gasteiger partial charge on any atom is 0.368 e. The molecule has 1 aromatic carbocycles. The van der Waals surface area contributed by atoms with E-state index in [0.29, 0.717) is 22.5 Å². The molecule has 2 aromatic heterocycles. The molecular formula is C17H17N5O4. The molecule has 3 rings (SSSR count). The molecule has 0 radical (unpaired) electrons. The van der Waals surface area contributed by atoms with Crippen molar-refractivity contribution in [3.63, 3.8) is 0 Å². The van der Waals surface area contributed by atoms with Gasteiger partial charge in [0.2, 0.25) is 5.78 Å². The van der Waals surface area contributed by atoms with Crippen molar-refractivity contribution in [1.82, 2.24) is 24.8 Å². The van der Waals surface area contributed by atoms with Crippen molar-refractivity contribution in [3.05, 3.63) is 63.3 Å². The number of carbonyl (C=O) groups excluding carboxylic acids is 2. The first-order chi connectivity index (χ1) is 12.4. The van der Waals surface area contributed by atoms with Crippen molar-refractivity contribution in [2.75, 3.05) is 7.11 Å². The lowest BCUT2D eigenvalue weighted by atomic mass is 10.1. The predicted octanol–water partition coefficient (Wildman–Crippen LogP) is 1.04. The van der Waals surface area contributed by atoms with Crippen LogP contribution in [0.4, 0.5) is 0 Å². The van der Waals surface area contributed by atoms with Crippen LogP contribution < -0.4 is 5.69 Å². The SMILES string of the molecule is COC(=O)c1c(C)[nH]c(C(=O)Cn2nnn(-c3ccccc3)c2=O)c1C. The predicted molar refractivity (Wildman–Crippen MR) is 91.6 cm³/mol. The zero-order valence-corrected chi connectivity index (χ0v) is 14.5. The van der Waals surface area contributed by atoms with Gasteiger partial charge in [-0.15, -0.1) is 0 Å². The van der Waals surface area contributed by atoms with Crippen LogP contribution in [0, 0.1) is 13.8 Å². The average molecular weight is 355 g/mol. The number of aromatic nitrogens is 5. The summed E-state index contributed by atoms with van der Waals surface area (Å²) in [6.07, 6.45) is 0. The molecule has 0 saturated carbocycles. The minimum atomic E-state index is -0.529. The molecule has 0 amide bonds. The lowest BCUT2D eigenvalue weighted by Gasteiger charge is -2.01. The van der Waals surface area contributed by atoms with Gasteiger partial charge in [-0.2, -0.15) is 9.36 Å². The number of rotatable bonds is 5. The molecule has 0 saturated heterocycles. The van der Waals surface area contributed by atoms with Crippen LogP contribution in [-0.2, 0) is 11.3 Å². The Labute approximate surface area is 148 Å². The minimum absolute atomic E-state index is 0.240. The number of Topliss-reactive ketones (excluding diaryl/α,β-unsaturated/α-hetero) is 1. The summed E-state index contributed by atoms with van der Waals surface area (Å²) in [6, 6.07) is 8.78. The fraction of sp³-hybridized carbons (Fsp3) is 0.235. The highest BCUT2D eigenvalue weighted by Gasteiger charge is 2.23. The number of aromatic amines is 1. The Kier molecular flexibility index (Phi) is 4.53. The number of hydrogen-bond acceptors (Lipinski definition) is 6. The van der Waals surface area contributed by atoms with E-state index in [0.717, 1.165) is 9.36 Å². The molecule has 9 heteroatoms. The summed E-state index contributed by atoms with van der Waals surface area (Å²) in [5, 5.41) is 7.56. The first-order valence-electron chi connectivity index (χ1n) is 7.83. The Morgan fingerprint density at radius 3 is 2.50 bits per heavy atom. The standard InChI is InChI=1S/C17H17N5O4/c1-10-14(16(24)26-3)11(2)18-15(10)13(23)9-21-17(25)22(20-19-21)12-7-5-4-6-8-12/h4-8,18H,9H2,1-3H3. The van der Waals surface area contributed by atoms with Gasteiger partial charge >= 0.3 is 11.7 Å². The number of ether oxygens (including phenoxy) is 1. The van der Waals surface area contributed by atoms with Gasteiger partial charge in [0.1, 0.15) is 6.54 Å². The first-order valence-corrected chi connectivity index (χ1v) is 7.83. The molecule has 2 heterocycles. The third-order valence-electron chi connectivity index (χ3n) is 4.04. The van der Waals surface area contributed by atoms with Gasteiger partial charge in [-0.1, -0.05) is 18.2 Å². The van der Waals surface area contributed by atoms with E-state index in [-0.39, 0.29) is 18.0 Å². The highest BCUT2D eigenvalue weighted by molar-refractivity contribution is 6.01. The summed E-state index contributed by atoms with van der Waals surface area (Å²) in [4.78, 5) is 39.7. The Morgan fingerprint density at radius 2 is 1.85 bits per heavy atom. The number of carbonyl (C=O) groups is 2. The molecule has 0 aliphatic carbocycles. The molecule has 0 spiro atoms. The van der Waals surface area contributed by atoms with E-state index in [9.17, 15) is 14.4 Å². The van der Waals surface area contributed by atoms with Crippen LogP contribution in [0.1, 0.15) is 32.1 Å². The molecule has 26 heavy (non-hydrogen) atoms. The zero-order valence-electron chi connectivity index (χ0n) is 14.5. The quantitative estimate of drug-likeness (QED) is 0.541. The lowest BCUT2D eigenvalue weighted by Crippen LogP contribution is -2.27. The fourth-order valence-corrected chi connectivity index (χ4v) is 2.76. The van der Waals surface area contributed by atoms with Crippen LogP contribution in [0.2, 0.25) is 0 Å². The van der Waals surface area contributed by atoms with Gasteiger partial charge in [0.25, 0.3) is 0 Å². The van der Waals surface area contributed by atoms with Gasteiger partial charge in [-0.25, -0.2) is 9.59 Å². The topological polar surface area (TPSA) is 112 Å². The highest BCUT2D eigenvalue weighted by Crippen LogP contribution is 2.19. The van der Waals surface area contributed by atoms with E-state index in [4.69, 9.17) is 4.74 Å². The van der Waals surface area contributed by atoms with E-state index in [2.05, 4.69) is 15.4 Å². The number of hydrogen-bond donors (Lipinski definition) is 1. The molecule has 0 atom stereocenters. The largest absolute Gasteiger partial charge is 0.465 e. The number of H-pyrrole nitrogens is 1. The van der Waals surface area contributed by atoms with Gasteiger partial charge in [0.15, 0.2) is 0 Å². The summed E-state index contributed by atoms with van der Waals surface area (Å²) >= 11 is 0. The second-order valence-corrected chi connectivity index (χ2v) is 5.71. The van der Waals surface area contributed by atoms with Gasteiger partial charge in [-0.05, 0) is 42.0 Å². The monoisotopic (exact) mass is 355 g/mol. The molecule has 9 nitrogen and oxygen atoms in total. The number of ketones is 1. The Bertz CT molecular complexity index is 1030. The van der Waals surface area contributed by atoms with Gasteiger partial charge in [-0.3, -0.25) is 4.79 Å². The van der Waals surface area contributed by atoms with Crippen molar-refractivity contribution in [3.8, 4) is 5.69 Å². The normalized spacial score (nSPS) is 10.7. The molecule has 0 bridgehead atoms. The molecule has 0 aliphatic heterocycles. The summed E-state index contributed by atoms with van der Waals surface area (Å²) in [6.45, 7) is 3.02. The lowest BCUT2D eigenvalue weighted by molar-refractivity contribution is 0.0599. The Balaban J connectivity index is 1.89. The molecular weight excluding hydrogens is 338 g/mol. The third-order valence-corrected chi connectivity index (χ3v) is 4.04. The number of benzene rings is 1. The number of methoxy groups -OCH3 is 1. The van der Waals surface area contributed by atoms with Crippen molar-refractivity contribution in [2.45, 2.75) is 20.4 Å². The van der Waals surface area contributed by atoms with Gasteiger partial charge in [0, 0.05) is 5.69 Å². The van der Waals surface area contributed by atoms with Gasteiger partial charge in [0.05, 0.1) is 24.1 Å². The number of tetrazole rings is 1. The number of para-hydroxylation sites is 1. The second-order valence-electron chi connectivity index (χ2n) is 5.71. The molecule has 0 unspecified atom stereocenters. The van der Waals surface area contributed by atoms with E-state index in [1.54, 1.807) is 38.1 Å². The summed E-state index contributed by atoms with van der Waals surface area (Å²) < 4.78 is 6.82. The van der Waals surface area contributed by atoms with Gasteiger partial charge < -0.3 is 9.72 Å². The van der Waals surface area contributed by atoms with Crippen molar-refractivity contribution >= 4 is 11.8 Å². The fourth-order valence-electron chi connectivity index (χ4n) is 2.76. The van der Waals surface area contributed by atoms with Crippen molar-refractivity contribution in [2.24, 2.45) is 0 Å². The summed E-state index contributed by atoms with van der Waals surface area (Å²) in [5.74, 6) is -0.912. The van der Waals surface area contributed by atoms with Crippen LogP contribution in [0.25, 0.3) is 5.69 Å². The highest BCUT2D eigenvalue weighted by atomic mass is 16.5. The first kappa shape index (κ1) is 17.3. The van der Waals surface area contributed by atoms with E-state index < -0.39 is 11.7 Å². The number of nitrogens with zero attached hydrogens (tertiary/aromatic N) is 4. The molecule has 3 aromatic rings. The summed E-state index contributed by atoms with van der Waals surface area (Å²) in [5.41, 5.74) is 1.58. The minimum Gasteiger partial charge on any atom is -0.465 e. The smallest absolute Gasteiger partial charge is 0.368 e. The second kappa shape index (κ2) is 6.79. The Morgan fingerprint density at radius 1 is 1.15 bits per heavy atom. The van der Waals surface area contributed by atoms with E-state index >= 15 is 0 Å². The molecule has 1 N–H and O–H groups in total. The average Bonchev–Trinajstić information content (AvgIpc) is 3.15. The number of aryl methyl sites for hydroxylation is 1. The molecule has 134 valence electrons. The maximum absolute atomic E-state index is 12.6. The van der Waals surface area contributed by atoms with Crippen LogP contribution in [0.5, 0.6) is 0 Å². The van der Waals surface area contributed by atoms with E-state index in [1.807, 2.05) is 6.07 Å². The summed E-state index contributed by atoms with van der Waals surface area (Å²) in [7, 11) is 1.27. The van der Waals surface area contributed by atoms with E-state index in [1.165, 1.54) is 7.11 Å². The van der Waals surface area contributed by atoms with Crippen molar-refractivity contribution in [1.29, 1.82) is 0 Å². The van der Waals surface area contributed by atoms with Crippen LogP contribution in [0.3, 0.4) is 0 Å². The maximum atomic E-state index is 12.6. The van der Waals surface area contributed by atoms with Crippen LogP contribution >= 0.6 is 0 Å². The Hall–Kier alpha value is -3.49. The van der Waals surface area contributed by atoms with Crippen LogP contribution in [-0.4, -0.2) is 43.6 Å². The third kappa shape index (κ3) is 2.94. The van der Waals surface area contributed by atoms with Crippen molar-refractivity contribution < 1.29 is 14.3 Å².